The fourth-order valence-electron chi connectivity index (χ4n) is 2.55. The molecule has 2 aromatic heterocycles. The van der Waals surface area contributed by atoms with E-state index in [0.717, 1.165) is 36.9 Å². The van der Waals surface area contributed by atoms with Crippen molar-refractivity contribution >= 4 is 36.2 Å². The van der Waals surface area contributed by atoms with Crippen molar-refractivity contribution in [2.75, 3.05) is 19.6 Å². The van der Waals surface area contributed by atoms with E-state index < -0.39 is 0 Å². The predicted molar refractivity (Wildman–Crippen MR) is 94.7 cm³/mol. The van der Waals surface area contributed by atoms with Crippen LogP contribution in [0.4, 0.5) is 0 Å². The van der Waals surface area contributed by atoms with Crippen molar-refractivity contribution in [3.63, 3.8) is 0 Å². The SMILES string of the molecule is CC1(CN)CCN(Cc2csc(-c3ncccn3)n2)C1.Cl.Cl. The van der Waals surface area contributed by atoms with Gasteiger partial charge in [0.2, 0.25) is 0 Å². The lowest BCUT2D eigenvalue weighted by atomic mass is 9.90. The quantitative estimate of drug-likeness (QED) is 0.906. The second-order valence-corrected chi connectivity index (χ2v) is 6.55. The molecule has 5 nitrogen and oxygen atoms in total. The van der Waals surface area contributed by atoms with Gasteiger partial charge in [-0.2, -0.15) is 0 Å². The van der Waals surface area contributed by atoms with Crippen molar-refractivity contribution in [2.24, 2.45) is 11.1 Å². The van der Waals surface area contributed by atoms with Crippen molar-refractivity contribution < 1.29 is 0 Å². The highest BCUT2D eigenvalue weighted by molar-refractivity contribution is 7.13. The van der Waals surface area contributed by atoms with Crippen LogP contribution >= 0.6 is 36.2 Å². The van der Waals surface area contributed by atoms with Crippen LogP contribution in [0.5, 0.6) is 0 Å². The Balaban J connectivity index is 0.00000121. The lowest BCUT2D eigenvalue weighted by Gasteiger charge is -2.22. The van der Waals surface area contributed by atoms with Crippen LogP contribution in [-0.2, 0) is 6.54 Å². The zero-order valence-corrected chi connectivity index (χ0v) is 14.9. The molecule has 3 rings (SSSR count). The maximum Gasteiger partial charge on any atom is 0.188 e. The normalized spacial score (nSPS) is 21.2. The van der Waals surface area contributed by atoms with Crippen molar-refractivity contribution in [1.82, 2.24) is 19.9 Å². The fraction of sp³-hybridized carbons (Fsp3) is 0.500. The van der Waals surface area contributed by atoms with Gasteiger partial charge in [0, 0.05) is 30.9 Å². The van der Waals surface area contributed by atoms with Gasteiger partial charge in [-0.25, -0.2) is 15.0 Å². The van der Waals surface area contributed by atoms with Crippen LogP contribution in [0.3, 0.4) is 0 Å². The smallest absolute Gasteiger partial charge is 0.188 e. The minimum Gasteiger partial charge on any atom is -0.330 e. The van der Waals surface area contributed by atoms with Crippen LogP contribution in [0.25, 0.3) is 10.8 Å². The Labute approximate surface area is 147 Å². The minimum atomic E-state index is 0. The summed E-state index contributed by atoms with van der Waals surface area (Å²) in [5, 5.41) is 2.99. The summed E-state index contributed by atoms with van der Waals surface area (Å²) in [6, 6.07) is 1.82. The van der Waals surface area contributed by atoms with Crippen molar-refractivity contribution in [3.05, 3.63) is 29.5 Å². The van der Waals surface area contributed by atoms with Crippen LogP contribution in [-0.4, -0.2) is 39.5 Å². The summed E-state index contributed by atoms with van der Waals surface area (Å²) in [7, 11) is 0. The van der Waals surface area contributed by atoms with E-state index in [1.807, 2.05) is 6.07 Å². The molecular formula is C14H21Cl2N5S. The van der Waals surface area contributed by atoms with Gasteiger partial charge in [0.05, 0.1) is 5.69 Å². The van der Waals surface area contributed by atoms with E-state index in [1.165, 1.54) is 6.42 Å². The third-order valence-corrected chi connectivity index (χ3v) is 4.71. The summed E-state index contributed by atoms with van der Waals surface area (Å²) in [6.07, 6.45) is 4.66. The molecule has 1 aliphatic rings. The minimum absolute atomic E-state index is 0. The van der Waals surface area contributed by atoms with E-state index in [9.17, 15) is 0 Å². The van der Waals surface area contributed by atoms with Crippen molar-refractivity contribution in [1.29, 1.82) is 0 Å². The molecule has 0 bridgehead atoms. The van der Waals surface area contributed by atoms with E-state index in [0.29, 0.717) is 5.82 Å². The number of thiazole rings is 1. The van der Waals surface area contributed by atoms with Gasteiger partial charge in [0.15, 0.2) is 10.8 Å². The lowest BCUT2D eigenvalue weighted by molar-refractivity contribution is 0.272. The number of nitrogens with zero attached hydrogens (tertiary/aromatic N) is 4. The van der Waals surface area contributed by atoms with Gasteiger partial charge in [-0.05, 0) is 31.0 Å². The number of halogens is 2. The molecule has 0 saturated carbocycles. The van der Waals surface area contributed by atoms with Gasteiger partial charge in [-0.1, -0.05) is 6.92 Å². The fourth-order valence-corrected chi connectivity index (χ4v) is 3.30. The van der Waals surface area contributed by atoms with Crippen LogP contribution in [0.2, 0.25) is 0 Å². The standard InChI is InChI=1S/C14H19N5S.2ClH/c1-14(9-15)3-6-19(10-14)7-11-8-20-13(18-11)12-16-4-2-5-17-12;;/h2,4-5,8H,3,6-7,9-10,15H2,1H3;2*1H. The highest BCUT2D eigenvalue weighted by atomic mass is 35.5. The summed E-state index contributed by atoms with van der Waals surface area (Å²) in [5.74, 6) is 0.706. The molecule has 0 aromatic carbocycles. The summed E-state index contributed by atoms with van der Waals surface area (Å²) in [6.45, 7) is 6.06. The molecule has 1 saturated heterocycles. The summed E-state index contributed by atoms with van der Waals surface area (Å²) in [4.78, 5) is 15.5. The predicted octanol–water partition coefficient (Wildman–Crippen LogP) is 2.61. The molecule has 22 heavy (non-hydrogen) atoms. The number of hydrogen-bond acceptors (Lipinski definition) is 6. The molecule has 2 aromatic rings. The molecule has 1 fully saturated rings. The largest absolute Gasteiger partial charge is 0.330 e. The van der Waals surface area contributed by atoms with Gasteiger partial charge >= 0.3 is 0 Å². The molecule has 2 N–H and O–H groups in total. The Hall–Kier alpha value is -0.790. The second-order valence-electron chi connectivity index (χ2n) is 5.69. The monoisotopic (exact) mass is 361 g/mol. The zero-order chi connectivity index (χ0) is 14.0. The van der Waals surface area contributed by atoms with Crippen LogP contribution in [0, 0.1) is 5.41 Å². The molecule has 1 atom stereocenters. The first-order valence-electron chi connectivity index (χ1n) is 6.83. The van der Waals surface area contributed by atoms with Crippen molar-refractivity contribution in [3.8, 4) is 10.8 Å². The van der Waals surface area contributed by atoms with E-state index in [2.05, 4.69) is 32.2 Å². The second kappa shape index (κ2) is 8.17. The van der Waals surface area contributed by atoms with E-state index >= 15 is 0 Å². The number of nitrogens with two attached hydrogens (primary N) is 1. The number of aromatic nitrogens is 3. The zero-order valence-electron chi connectivity index (χ0n) is 12.4. The summed E-state index contributed by atoms with van der Waals surface area (Å²) in [5.41, 5.74) is 7.21. The number of rotatable bonds is 4. The van der Waals surface area contributed by atoms with Crippen LogP contribution < -0.4 is 5.73 Å². The summed E-state index contributed by atoms with van der Waals surface area (Å²) >= 11 is 1.60. The number of likely N-dealkylation sites (tertiary alicyclic amines) is 1. The highest BCUT2D eigenvalue weighted by Crippen LogP contribution is 2.30. The van der Waals surface area contributed by atoms with E-state index in [4.69, 9.17) is 5.73 Å². The van der Waals surface area contributed by atoms with Gasteiger partial charge in [0.1, 0.15) is 0 Å². The molecule has 8 heteroatoms. The molecule has 0 spiro atoms. The van der Waals surface area contributed by atoms with Crippen molar-refractivity contribution in [2.45, 2.75) is 19.9 Å². The maximum atomic E-state index is 5.85. The third-order valence-electron chi connectivity index (χ3n) is 3.82. The first kappa shape index (κ1) is 19.3. The number of hydrogen-bond donors (Lipinski definition) is 1. The topological polar surface area (TPSA) is 67.9 Å². The maximum absolute atomic E-state index is 5.85. The molecular weight excluding hydrogens is 341 g/mol. The highest BCUT2D eigenvalue weighted by Gasteiger charge is 2.32. The van der Waals surface area contributed by atoms with Crippen LogP contribution in [0.1, 0.15) is 19.0 Å². The Kier molecular flexibility index (Phi) is 7.15. The first-order chi connectivity index (χ1) is 9.68. The van der Waals surface area contributed by atoms with Gasteiger partial charge < -0.3 is 5.73 Å². The Morgan fingerprint density at radius 3 is 2.68 bits per heavy atom. The molecule has 0 radical (unpaired) electrons. The molecule has 3 heterocycles. The average molecular weight is 362 g/mol. The Morgan fingerprint density at radius 1 is 1.32 bits per heavy atom. The molecule has 0 amide bonds. The first-order valence-corrected chi connectivity index (χ1v) is 7.71. The van der Waals surface area contributed by atoms with Crippen LogP contribution in [0.15, 0.2) is 23.8 Å². The summed E-state index contributed by atoms with van der Waals surface area (Å²) < 4.78 is 0. The van der Waals surface area contributed by atoms with Gasteiger partial charge in [-0.3, -0.25) is 4.90 Å². The molecule has 122 valence electrons. The Bertz CT molecular complexity index is 580. The average Bonchev–Trinajstić information content (AvgIpc) is 3.08. The molecule has 1 unspecified atom stereocenters. The lowest BCUT2D eigenvalue weighted by Crippen LogP contribution is -2.31. The third kappa shape index (κ3) is 4.36. The molecule has 0 aliphatic carbocycles. The molecule has 1 aliphatic heterocycles. The van der Waals surface area contributed by atoms with Gasteiger partial charge in [-0.15, -0.1) is 36.2 Å². The van der Waals surface area contributed by atoms with E-state index in [-0.39, 0.29) is 30.2 Å². The van der Waals surface area contributed by atoms with Gasteiger partial charge in [0.25, 0.3) is 0 Å². The Morgan fingerprint density at radius 2 is 2.05 bits per heavy atom. The van der Waals surface area contributed by atoms with E-state index in [1.54, 1.807) is 23.7 Å².